The van der Waals surface area contributed by atoms with Crippen LogP contribution in [0.2, 0.25) is 0 Å². The molecule has 0 aromatic heterocycles. The third-order valence-electron chi connectivity index (χ3n) is 4.17. The summed E-state index contributed by atoms with van der Waals surface area (Å²) in [6.45, 7) is 1.30. The summed E-state index contributed by atoms with van der Waals surface area (Å²) in [4.78, 5) is 24.0. The van der Waals surface area contributed by atoms with E-state index < -0.39 is 29.7 Å². The lowest BCUT2D eigenvalue weighted by atomic mass is 9.91. The molecule has 21 heavy (non-hydrogen) atoms. The van der Waals surface area contributed by atoms with Gasteiger partial charge in [-0.2, -0.15) is 0 Å². The molecule has 3 N–H and O–H groups in total. The number of carboxylic acid groups (broad SMARTS) is 1. The normalized spacial score (nSPS) is 30.4. The summed E-state index contributed by atoms with van der Waals surface area (Å²) in [5, 5.41) is 23.2. The molecule has 2 aliphatic rings. The van der Waals surface area contributed by atoms with Gasteiger partial charge < -0.3 is 20.3 Å². The van der Waals surface area contributed by atoms with Crippen LogP contribution in [0.1, 0.15) is 18.9 Å². The van der Waals surface area contributed by atoms with E-state index in [0.717, 1.165) is 0 Å². The highest BCUT2D eigenvalue weighted by Crippen LogP contribution is 2.51. The molecule has 2 aliphatic heterocycles. The molecule has 0 saturated carbocycles. The topological polar surface area (TPSA) is 99.1 Å². The maximum atomic E-state index is 11.3. The zero-order valence-electron chi connectivity index (χ0n) is 11.7. The van der Waals surface area contributed by atoms with Gasteiger partial charge in [-0.3, -0.25) is 14.5 Å². The Hall–Kier alpha value is -2.12. The standard InChI is InChI=1S/C14H16N2O5/c1-7(17)21-10-5-3-4-8-11(10)15-13-14(8,20)6-9(12(18)19)16(13)2/h3-5,9,13,15,20H,6H2,1-2H3,(H,18,19). The molecule has 2 heterocycles. The Morgan fingerprint density at radius 1 is 1.48 bits per heavy atom. The van der Waals surface area contributed by atoms with Crippen LogP contribution in [0, 0.1) is 0 Å². The number of carbonyl (C=O) groups is 2. The molecule has 0 aliphatic carbocycles. The highest BCUT2D eigenvalue weighted by Gasteiger charge is 2.58. The number of aliphatic hydroxyl groups is 1. The molecule has 0 amide bonds. The number of benzene rings is 1. The van der Waals surface area contributed by atoms with Crippen molar-refractivity contribution in [3.8, 4) is 5.75 Å². The number of nitrogens with one attached hydrogen (secondary N) is 1. The van der Waals surface area contributed by atoms with Gasteiger partial charge in [0.2, 0.25) is 0 Å². The van der Waals surface area contributed by atoms with Crippen LogP contribution in [0.3, 0.4) is 0 Å². The summed E-state index contributed by atoms with van der Waals surface area (Å²) < 4.78 is 5.13. The van der Waals surface area contributed by atoms with Crippen molar-refractivity contribution in [3.63, 3.8) is 0 Å². The van der Waals surface area contributed by atoms with Crippen LogP contribution in [0.4, 0.5) is 5.69 Å². The van der Waals surface area contributed by atoms with Crippen LogP contribution in [0.25, 0.3) is 0 Å². The van der Waals surface area contributed by atoms with Crippen molar-refractivity contribution in [2.24, 2.45) is 0 Å². The molecule has 3 atom stereocenters. The van der Waals surface area contributed by atoms with Gasteiger partial charge in [-0.25, -0.2) is 0 Å². The maximum absolute atomic E-state index is 11.3. The van der Waals surface area contributed by atoms with Crippen LogP contribution < -0.4 is 10.1 Å². The van der Waals surface area contributed by atoms with E-state index in [9.17, 15) is 19.8 Å². The van der Waals surface area contributed by atoms with Gasteiger partial charge >= 0.3 is 11.9 Å². The fourth-order valence-electron chi connectivity index (χ4n) is 3.22. The number of esters is 1. The lowest BCUT2D eigenvalue weighted by Crippen LogP contribution is -2.44. The van der Waals surface area contributed by atoms with E-state index in [2.05, 4.69) is 5.32 Å². The number of para-hydroxylation sites is 1. The number of hydrogen-bond donors (Lipinski definition) is 3. The van der Waals surface area contributed by atoms with Crippen molar-refractivity contribution in [1.82, 2.24) is 4.90 Å². The lowest BCUT2D eigenvalue weighted by Gasteiger charge is -2.25. The molecule has 1 fully saturated rings. The van der Waals surface area contributed by atoms with Crippen molar-refractivity contribution in [2.45, 2.75) is 31.2 Å². The Morgan fingerprint density at radius 2 is 2.19 bits per heavy atom. The lowest BCUT2D eigenvalue weighted by molar-refractivity contribution is -0.142. The van der Waals surface area contributed by atoms with Crippen molar-refractivity contribution in [1.29, 1.82) is 0 Å². The smallest absolute Gasteiger partial charge is 0.321 e. The monoisotopic (exact) mass is 292 g/mol. The van der Waals surface area contributed by atoms with Gasteiger partial charge in [0.15, 0.2) is 5.75 Å². The van der Waals surface area contributed by atoms with Gasteiger partial charge in [-0.1, -0.05) is 12.1 Å². The molecule has 7 heteroatoms. The molecule has 0 radical (unpaired) electrons. The molecule has 0 spiro atoms. The largest absolute Gasteiger partial charge is 0.480 e. The number of ether oxygens (including phenoxy) is 1. The van der Waals surface area contributed by atoms with E-state index in [0.29, 0.717) is 17.0 Å². The minimum absolute atomic E-state index is 0.0764. The summed E-state index contributed by atoms with van der Waals surface area (Å²) in [5.74, 6) is -1.09. The summed E-state index contributed by atoms with van der Waals surface area (Å²) in [5.41, 5.74) is -0.221. The SMILES string of the molecule is CC(=O)Oc1cccc2c1NC1N(C)C(C(=O)O)CC21O. The van der Waals surface area contributed by atoms with Gasteiger partial charge in [-0.05, 0) is 13.1 Å². The van der Waals surface area contributed by atoms with Crippen LogP contribution in [0.15, 0.2) is 18.2 Å². The predicted molar refractivity (Wildman–Crippen MR) is 72.9 cm³/mol. The number of carboxylic acids is 1. The molecule has 3 rings (SSSR count). The van der Waals surface area contributed by atoms with Crippen LogP contribution in [-0.2, 0) is 15.2 Å². The third kappa shape index (κ3) is 1.89. The molecule has 1 saturated heterocycles. The summed E-state index contributed by atoms with van der Waals surface area (Å²) in [6.07, 6.45) is -0.488. The van der Waals surface area contributed by atoms with E-state index in [1.165, 1.54) is 6.92 Å². The number of anilines is 1. The molecule has 112 valence electrons. The van der Waals surface area contributed by atoms with Crippen molar-refractivity contribution in [2.75, 3.05) is 12.4 Å². The third-order valence-corrected chi connectivity index (χ3v) is 4.17. The van der Waals surface area contributed by atoms with Crippen LogP contribution in [-0.4, -0.2) is 46.3 Å². The maximum Gasteiger partial charge on any atom is 0.321 e. The Labute approximate surface area is 121 Å². The van der Waals surface area contributed by atoms with Gasteiger partial charge in [0.25, 0.3) is 0 Å². The number of fused-ring (bicyclic) bond motifs is 3. The van der Waals surface area contributed by atoms with Crippen molar-refractivity contribution >= 4 is 17.6 Å². The summed E-state index contributed by atoms with van der Waals surface area (Å²) in [7, 11) is 1.64. The molecule has 3 unspecified atom stereocenters. The highest BCUT2D eigenvalue weighted by molar-refractivity contribution is 5.79. The predicted octanol–water partition coefficient (Wildman–Crippen LogP) is 0.340. The van der Waals surface area contributed by atoms with E-state index in [1.807, 2.05) is 0 Å². The first kappa shape index (κ1) is 13.8. The number of aliphatic carboxylic acids is 1. The number of rotatable bonds is 2. The average Bonchev–Trinajstić information content (AvgIpc) is 2.82. The molecule has 1 aromatic rings. The summed E-state index contributed by atoms with van der Waals surface area (Å²) in [6, 6.07) is 4.26. The first-order chi connectivity index (χ1) is 9.84. The molecule has 7 nitrogen and oxygen atoms in total. The van der Waals surface area contributed by atoms with E-state index in [-0.39, 0.29) is 6.42 Å². The fraction of sp³-hybridized carbons (Fsp3) is 0.429. The Morgan fingerprint density at radius 3 is 2.81 bits per heavy atom. The van der Waals surface area contributed by atoms with Crippen molar-refractivity contribution in [3.05, 3.63) is 23.8 Å². The Kier molecular flexibility index (Phi) is 2.93. The molecular formula is C14H16N2O5. The van der Waals surface area contributed by atoms with E-state index in [1.54, 1.807) is 30.1 Å². The molecule has 1 aromatic carbocycles. The Bertz CT molecular complexity index is 632. The number of nitrogens with zero attached hydrogens (tertiary/aromatic N) is 1. The fourth-order valence-corrected chi connectivity index (χ4v) is 3.22. The van der Waals surface area contributed by atoms with Gasteiger partial charge in [-0.15, -0.1) is 0 Å². The number of likely N-dealkylation sites (tertiary alicyclic amines) is 1. The zero-order chi connectivity index (χ0) is 15.4. The second-order valence-electron chi connectivity index (χ2n) is 5.47. The van der Waals surface area contributed by atoms with Crippen LogP contribution >= 0.6 is 0 Å². The van der Waals surface area contributed by atoms with Gasteiger partial charge in [0, 0.05) is 18.9 Å². The second-order valence-corrected chi connectivity index (χ2v) is 5.47. The quantitative estimate of drug-likeness (QED) is 0.534. The first-order valence-electron chi connectivity index (χ1n) is 6.60. The average molecular weight is 292 g/mol. The summed E-state index contributed by atoms with van der Waals surface area (Å²) >= 11 is 0. The number of likely N-dealkylation sites (N-methyl/N-ethyl adjacent to an activating group) is 1. The number of hydrogen-bond acceptors (Lipinski definition) is 6. The van der Waals surface area contributed by atoms with Gasteiger partial charge in [0.1, 0.15) is 17.8 Å². The van der Waals surface area contributed by atoms with Crippen molar-refractivity contribution < 1.29 is 24.5 Å². The van der Waals surface area contributed by atoms with Gasteiger partial charge in [0.05, 0.1) is 5.69 Å². The minimum Gasteiger partial charge on any atom is -0.480 e. The van der Waals surface area contributed by atoms with Crippen LogP contribution in [0.5, 0.6) is 5.75 Å². The highest BCUT2D eigenvalue weighted by atomic mass is 16.5. The molecule has 0 bridgehead atoms. The zero-order valence-corrected chi connectivity index (χ0v) is 11.7. The minimum atomic E-state index is -1.32. The second kappa shape index (κ2) is 4.44. The Balaban J connectivity index is 2.04. The first-order valence-corrected chi connectivity index (χ1v) is 6.60. The molecular weight excluding hydrogens is 276 g/mol. The van der Waals surface area contributed by atoms with E-state index >= 15 is 0 Å². The number of carbonyl (C=O) groups excluding carboxylic acids is 1. The van der Waals surface area contributed by atoms with E-state index in [4.69, 9.17) is 4.74 Å².